The zero-order valence-corrected chi connectivity index (χ0v) is 16.0. The number of tetrazole rings is 1. The SMILES string of the molecule is CC1CC1C(=O)NCCC(=O)N1CCN(c2nnnn2-c2ccccc2)CC1. The molecule has 1 N–H and O–H groups in total. The lowest BCUT2D eigenvalue weighted by atomic mass is 10.2. The molecule has 1 saturated heterocycles. The van der Waals surface area contributed by atoms with Crippen LogP contribution in [-0.4, -0.2) is 69.6 Å². The van der Waals surface area contributed by atoms with Crippen LogP contribution in [0.3, 0.4) is 0 Å². The number of hydrogen-bond acceptors (Lipinski definition) is 6. The maximum Gasteiger partial charge on any atom is 0.250 e. The van der Waals surface area contributed by atoms with E-state index in [0.717, 1.165) is 12.1 Å². The molecule has 0 bridgehead atoms. The lowest BCUT2D eigenvalue weighted by Crippen LogP contribution is -2.50. The first-order valence-corrected chi connectivity index (χ1v) is 9.77. The summed E-state index contributed by atoms with van der Waals surface area (Å²) in [4.78, 5) is 28.2. The molecular weight excluding hydrogens is 358 g/mol. The van der Waals surface area contributed by atoms with Crippen LogP contribution in [0.15, 0.2) is 30.3 Å². The Bertz CT molecular complexity index is 830. The quantitative estimate of drug-likeness (QED) is 0.779. The Labute approximate surface area is 163 Å². The standard InChI is InChI=1S/C19H25N7O2/c1-14-13-16(14)18(28)20-8-7-17(27)24-9-11-25(12-10-24)19-21-22-23-26(19)15-5-3-2-4-6-15/h2-6,14,16H,7-13H2,1H3,(H,20,28). The van der Waals surface area contributed by atoms with Gasteiger partial charge in [0.1, 0.15) is 0 Å². The van der Waals surface area contributed by atoms with E-state index in [0.29, 0.717) is 51.0 Å². The van der Waals surface area contributed by atoms with Crippen LogP contribution >= 0.6 is 0 Å². The molecule has 1 aliphatic heterocycles. The molecule has 28 heavy (non-hydrogen) atoms. The van der Waals surface area contributed by atoms with Crippen molar-refractivity contribution in [3.8, 4) is 5.69 Å². The second-order valence-electron chi connectivity index (χ2n) is 7.45. The van der Waals surface area contributed by atoms with Gasteiger partial charge in [0, 0.05) is 45.1 Å². The fourth-order valence-electron chi connectivity index (χ4n) is 3.54. The topological polar surface area (TPSA) is 96.2 Å². The minimum atomic E-state index is 0.0754. The molecule has 1 aliphatic carbocycles. The van der Waals surface area contributed by atoms with Gasteiger partial charge in [0.2, 0.25) is 17.8 Å². The van der Waals surface area contributed by atoms with Crippen molar-refractivity contribution in [3.63, 3.8) is 0 Å². The summed E-state index contributed by atoms with van der Waals surface area (Å²) < 4.78 is 1.71. The highest BCUT2D eigenvalue weighted by Crippen LogP contribution is 2.37. The van der Waals surface area contributed by atoms with Gasteiger partial charge >= 0.3 is 0 Å². The lowest BCUT2D eigenvalue weighted by Gasteiger charge is -2.34. The number of anilines is 1. The second kappa shape index (κ2) is 7.95. The summed E-state index contributed by atoms with van der Waals surface area (Å²) in [6.07, 6.45) is 1.30. The Balaban J connectivity index is 1.26. The summed E-state index contributed by atoms with van der Waals surface area (Å²) in [5.74, 6) is 1.47. The molecule has 1 aromatic heterocycles. The predicted octanol–water partition coefficient (Wildman–Crippen LogP) is 0.473. The lowest BCUT2D eigenvalue weighted by molar-refractivity contribution is -0.131. The average Bonchev–Trinajstić information content (AvgIpc) is 3.26. The van der Waals surface area contributed by atoms with Crippen LogP contribution in [0.25, 0.3) is 5.69 Å². The highest BCUT2D eigenvalue weighted by Gasteiger charge is 2.38. The molecule has 1 saturated carbocycles. The molecule has 2 amide bonds. The smallest absolute Gasteiger partial charge is 0.250 e. The summed E-state index contributed by atoms with van der Waals surface area (Å²) in [6.45, 7) is 5.06. The number of amides is 2. The minimum absolute atomic E-state index is 0.0754. The van der Waals surface area contributed by atoms with Gasteiger partial charge in [-0.05, 0) is 34.9 Å². The maximum atomic E-state index is 12.4. The average molecular weight is 383 g/mol. The molecule has 148 valence electrons. The molecule has 9 heteroatoms. The Morgan fingerprint density at radius 2 is 1.86 bits per heavy atom. The van der Waals surface area contributed by atoms with E-state index in [1.807, 2.05) is 35.2 Å². The van der Waals surface area contributed by atoms with Crippen molar-refractivity contribution in [2.45, 2.75) is 19.8 Å². The van der Waals surface area contributed by atoms with Crippen molar-refractivity contribution in [2.24, 2.45) is 11.8 Å². The Kier molecular flexibility index (Phi) is 5.23. The molecule has 2 aliphatic rings. The van der Waals surface area contributed by atoms with Crippen molar-refractivity contribution in [1.82, 2.24) is 30.4 Å². The summed E-state index contributed by atoms with van der Waals surface area (Å²) in [6, 6.07) is 9.75. The third kappa shape index (κ3) is 3.97. The molecule has 0 spiro atoms. The summed E-state index contributed by atoms with van der Waals surface area (Å²) in [5, 5.41) is 14.9. The van der Waals surface area contributed by atoms with Gasteiger partial charge in [-0.2, -0.15) is 4.68 Å². The molecule has 1 aromatic carbocycles. The van der Waals surface area contributed by atoms with E-state index in [-0.39, 0.29) is 17.7 Å². The van der Waals surface area contributed by atoms with Gasteiger partial charge in [0.05, 0.1) is 5.69 Å². The van der Waals surface area contributed by atoms with E-state index in [9.17, 15) is 9.59 Å². The Hall–Kier alpha value is -2.97. The summed E-state index contributed by atoms with van der Waals surface area (Å²) >= 11 is 0. The van der Waals surface area contributed by atoms with E-state index >= 15 is 0 Å². The number of benzene rings is 1. The van der Waals surface area contributed by atoms with Crippen LogP contribution in [0.5, 0.6) is 0 Å². The highest BCUT2D eigenvalue weighted by atomic mass is 16.2. The molecule has 0 radical (unpaired) electrons. The van der Waals surface area contributed by atoms with Crippen molar-refractivity contribution < 1.29 is 9.59 Å². The number of piperazine rings is 1. The van der Waals surface area contributed by atoms with Gasteiger partial charge in [-0.15, -0.1) is 0 Å². The molecule has 2 heterocycles. The summed E-state index contributed by atoms with van der Waals surface area (Å²) in [7, 11) is 0. The number of hydrogen-bond donors (Lipinski definition) is 1. The number of rotatable bonds is 6. The van der Waals surface area contributed by atoms with Gasteiger partial charge in [0.15, 0.2) is 0 Å². The first-order valence-electron chi connectivity index (χ1n) is 9.77. The molecule has 9 nitrogen and oxygen atoms in total. The van der Waals surface area contributed by atoms with E-state index in [1.165, 1.54) is 0 Å². The summed E-state index contributed by atoms with van der Waals surface area (Å²) in [5.41, 5.74) is 0.904. The zero-order valence-electron chi connectivity index (χ0n) is 16.0. The third-order valence-corrected chi connectivity index (χ3v) is 5.45. The monoisotopic (exact) mass is 383 g/mol. The van der Waals surface area contributed by atoms with Gasteiger partial charge in [0.25, 0.3) is 0 Å². The van der Waals surface area contributed by atoms with E-state index in [4.69, 9.17) is 0 Å². The second-order valence-corrected chi connectivity index (χ2v) is 7.45. The molecule has 2 unspecified atom stereocenters. The Morgan fingerprint density at radius 3 is 2.54 bits per heavy atom. The van der Waals surface area contributed by atoms with Crippen molar-refractivity contribution in [3.05, 3.63) is 30.3 Å². The van der Waals surface area contributed by atoms with Crippen LogP contribution in [0.4, 0.5) is 5.95 Å². The van der Waals surface area contributed by atoms with Gasteiger partial charge in [-0.3, -0.25) is 9.59 Å². The number of nitrogens with zero attached hydrogens (tertiary/aromatic N) is 6. The van der Waals surface area contributed by atoms with Crippen molar-refractivity contribution >= 4 is 17.8 Å². The van der Waals surface area contributed by atoms with Crippen molar-refractivity contribution in [2.75, 3.05) is 37.6 Å². The number of nitrogens with one attached hydrogen (secondary N) is 1. The first kappa shape index (κ1) is 18.4. The molecule has 4 rings (SSSR count). The van der Waals surface area contributed by atoms with Gasteiger partial charge in [-0.25, -0.2) is 0 Å². The minimum Gasteiger partial charge on any atom is -0.355 e. The van der Waals surface area contributed by atoms with Crippen LogP contribution < -0.4 is 10.2 Å². The van der Waals surface area contributed by atoms with Gasteiger partial charge in [-0.1, -0.05) is 30.2 Å². The highest BCUT2D eigenvalue weighted by molar-refractivity contribution is 5.82. The fraction of sp³-hybridized carbons (Fsp3) is 0.526. The zero-order chi connectivity index (χ0) is 19.5. The Morgan fingerprint density at radius 1 is 1.14 bits per heavy atom. The number of para-hydroxylation sites is 1. The van der Waals surface area contributed by atoms with E-state index in [2.05, 4.69) is 32.7 Å². The first-order chi connectivity index (χ1) is 13.6. The molecule has 2 atom stereocenters. The van der Waals surface area contributed by atoms with Crippen molar-refractivity contribution in [1.29, 1.82) is 0 Å². The van der Waals surface area contributed by atoms with Crippen LogP contribution in [0.1, 0.15) is 19.8 Å². The number of carbonyl (C=O) groups excluding carboxylic acids is 2. The van der Waals surface area contributed by atoms with Gasteiger partial charge < -0.3 is 15.1 Å². The van der Waals surface area contributed by atoms with Crippen LogP contribution in [0, 0.1) is 11.8 Å². The number of carbonyl (C=O) groups is 2. The molecule has 2 fully saturated rings. The van der Waals surface area contributed by atoms with Crippen LogP contribution in [0.2, 0.25) is 0 Å². The maximum absolute atomic E-state index is 12.4. The molecule has 2 aromatic rings. The van der Waals surface area contributed by atoms with E-state index in [1.54, 1.807) is 4.68 Å². The predicted molar refractivity (Wildman–Crippen MR) is 103 cm³/mol. The fourth-order valence-corrected chi connectivity index (χ4v) is 3.54. The largest absolute Gasteiger partial charge is 0.355 e. The molecular formula is C19H25N7O2. The van der Waals surface area contributed by atoms with E-state index < -0.39 is 0 Å². The normalized spacial score (nSPS) is 21.5. The number of aromatic nitrogens is 4. The van der Waals surface area contributed by atoms with Crippen LogP contribution in [-0.2, 0) is 9.59 Å². The third-order valence-electron chi connectivity index (χ3n) is 5.45.